The summed E-state index contributed by atoms with van der Waals surface area (Å²) in [5, 5.41) is 0. The van der Waals surface area contributed by atoms with E-state index in [2.05, 4.69) is 4.90 Å². The Kier molecular flexibility index (Phi) is 6.52. The Bertz CT molecular complexity index is 227. The SMILES string of the molecule is CCC(C(N)=O)N(CCCN)C1CCCCC1. The van der Waals surface area contributed by atoms with Crippen LogP contribution in [0.5, 0.6) is 0 Å². The average Bonchev–Trinajstić information content (AvgIpc) is 2.35. The van der Waals surface area contributed by atoms with Crippen LogP contribution in [0.25, 0.3) is 0 Å². The van der Waals surface area contributed by atoms with Crippen LogP contribution in [0.1, 0.15) is 51.9 Å². The molecule has 0 aromatic rings. The minimum absolute atomic E-state index is 0.107. The largest absolute Gasteiger partial charge is 0.368 e. The lowest BCUT2D eigenvalue weighted by atomic mass is 9.92. The summed E-state index contributed by atoms with van der Waals surface area (Å²) in [5.41, 5.74) is 11.1. The Balaban J connectivity index is 2.65. The van der Waals surface area contributed by atoms with E-state index in [1.54, 1.807) is 0 Å². The Morgan fingerprint density at radius 1 is 1.35 bits per heavy atom. The van der Waals surface area contributed by atoms with Crippen molar-refractivity contribution < 1.29 is 4.79 Å². The Morgan fingerprint density at radius 3 is 2.47 bits per heavy atom. The van der Waals surface area contributed by atoms with Crippen molar-refractivity contribution in [3.8, 4) is 0 Å². The van der Waals surface area contributed by atoms with Crippen LogP contribution in [0.15, 0.2) is 0 Å². The quantitative estimate of drug-likeness (QED) is 0.704. The van der Waals surface area contributed by atoms with Gasteiger partial charge in [0.25, 0.3) is 0 Å². The highest BCUT2D eigenvalue weighted by Crippen LogP contribution is 2.25. The zero-order valence-electron chi connectivity index (χ0n) is 11.0. The number of carbonyl (C=O) groups is 1. The topological polar surface area (TPSA) is 72.4 Å². The van der Waals surface area contributed by atoms with Gasteiger partial charge in [-0.1, -0.05) is 26.2 Å². The first-order valence-electron chi connectivity index (χ1n) is 6.95. The third-order valence-electron chi connectivity index (χ3n) is 3.78. The maximum absolute atomic E-state index is 11.5. The van der Waals surface area contributed by atoms with Crippen molar-refractivity contribution in [1.29, 1.82) is 0 Å². The van der Waals surface area contributed by atoms with Gasteiger partial charge in [-0.15, -0.1) is 0 Å². The standard InChI is InChI=1S/C13H27N3O/c1-2-12(13(15)17)16(10-6-9-14)11-7-4-3-5-8-11/h11-12H,2-10,14H2,1H3,(H2,15,17). The van der Waals surface area contributed by atoms with Crippen LogP contribution in [0.3, 0.4) is 0 Å². The van der Waals surface area contributed by atoms with E-state index >= 15 is 0 Å². The summed E-state index contributed by atoms with van der Waals surface area (Å²) in [5.74, 6) is -0.185. The predicted molar refractivity (Wildman–Crippen MR) is 70.5 cm³/mol. The third kappa shape index (κ3) is 4.28. The molecule has 4 nitrogen and oxygen atoms in total. The fourth-order valence-electron chi connectivity index (χ4n) is 2.88. The highest BCUT2D eigenvalue weighted by atomic mass is 16.1. The molecular weight excluding hydrogens is 214 g/mol. The van der Waals surface area contributed by atoms with E-state index in [9.17, 15) is 4.79 Å². The Labute approximate surface area is 105 Å². The van der Waals surface area contributed by atoms with Gasteiger partial charge in [0.1, 0.15) is 0 Å². The van der Waals surface area contributed by atoms with E-state index in [0.717, 1.165) is 19.4 Å². The van der Waals surface area contributed by atoms with E-state index < -0.39 is 0 Å². The molecule has 0 saturated heterocycles. The molecule has 17 heavy (non-hydrogen) atoms. The van der Waals surface area contributed by atoms with Crippen LogP contribution in [-0.2, 0) is 4.79 Å². The Hall–Kier alpha value is -0.610. The van der Waals surface area contributed by atoms with E-state index in [-0.39, 0.29) is 11.9 Å². The summed E-state index contributed by atoms with van der Waals surface area (Å²) in [4.78, 5) is 13.8. The van der Waals surface area contributed by atoms with Crippen LogP contribution < -0.4 is 11.5 Å². The zero-order chi connectivity index (χ0) is 12.7. The number of rotatable bonds is 7. The van der Waals surface area contributed by atoms with Crippen molar-refractivity contribution in [3.05, 3.63) is 0 Å². The second kappa shape index (κ2) is 7.67. The summed E-state index contributed by atoms with van der Waals surface area (Å²) in [6.07, 6.45) is 8.03. The molecule has 4 N–H and O–H groups in total. The highest BCUT2D eigenvalue weighted by molar-refractivity contribution is 5.79. The molecule has 1 amide bonds. The predicted octanol–water partition coefficient (Wildman–Crippen LogP) is 1.23. The number of primary amides is 1. The molecule has 1 atom stereocenters. The first-order valence-corrected chi connectivity index (χ1v) is 6.95. The fraction of sp³-hybridized carbons (Fsp3) is 0.923. The van der Waals surface area contributed by atoms with Gasteiger partial charge in [-0.3, -0.25) is 9.69 Å². The molecule has 1 rings (SSSR count). The summed E-state index contributed by atoms with van der Waals surface area (Å²) in [6.45, 7) is 3.62. The summed E-state index contributed by atoms with van der Waals surface area (Å²) < 4.78 is 0. The lowest BCUT2D eigenvalue weighted by molar-refractivity contribution is -0.124. The first kappa shape index (κ1) is 14.5. The molecule has 0 spiro atoms. The third-order valence-corrected chi connectivity index (χ3v) is 3.78. The fourth-order valence-corrected chi connectivity index (χ4v) is 2.88. The van der Waals surface area contributed by atoms with E-state index in [0.29, 0.717) is 12.6 Å². The number of amides is 1. The normalized spacial score (nSPS) is 19.5. The first-order chi connectivity index (χ1) is 8.20. The molecule has 0 aromatic heterocycles. The van der Waals surface area contributed by atoms with Gasteiger partial charge in [0.05, 0.1) is 6.04 Å². The number of nitrogens with two attached hydrogens (primary N) is 2. The van der Waals surface area contributed by atoms with Gasteiger partial charge < -0.3 is 11.5 Å². The summed E-state index contributed by atoms with van der Waals surface area (Å²) in [6, 6.07) is 0.428. The highest BCUT2D eigenvalue weighted by Gasteiger charge is 2.29. The van der Waals surface area contributed by atoms with Crippen LogP contribution in [0, 0.1) is 0 Å². The van der Waals surface area contributed by atoms with Crippen molar-refractivity contribution in [1.82, 2.24) is 4.90 Å². The average molecular weight is 241 g/mol. The maximum atomic E-state index is 11.5. The second-order valence-electron chi connectivity index (χ2n) is 5.00. The smallest absolute Gasteiger partial charge is 0.234 e. The molecule has 1 fully saturated rings. The molecule has 0 aliphatic heterocycles. The monoisotopic (exact) mass is 241 g/mol. The molecule has 1 aliphatic carbocycles. The lowest BCUT2D eigenvalue weighted by Crippen LogP contribution is -2.50. The number of nitrogens with zero attached hydrogens (tertiary/aromatic N) is 1. The minimum atomic E-state index is -0.185. The van der Waals surface area contributed by atoms with Crippen LogP contribution in [0.4, 0.5) is 0 Å². The van der Waals surface area contributed by atoms with E-state index in [1.807, 2.05) is 6.92 Å². The van der Waals surface area contributed by atoms with Crippen LogP contribution in [0.2, 0.25) is 0 Å². The van der Waals surface area contributed by atoms with Crippen LogP contribution in [-0.4, -0.2) is 36.0 Å². The van der Waals surface area contributed by atoms with Crippen molar-refractivity contribution in [2.24, 2.45) is 11.5 Å². The van der Waals surface area contributed by atoms with Gasteiger partial charge in [0.15, 0.2) is 0 Å². The van der Waals surface area contributed by atoms with Gasteiger partial charge >= 0.3 is 0 Å². The van der Waals surface area contributed by atoms with E-state index in [1.165, 1.54) is 32.1 Å². The summed E-state index contributed by atoms with van der Waals surface area (Å²) >= 11 is 0. The van der Waals surface area contributed by atoms with Crippen molar-refractivity contribution in [3.63, 3.8) is 0 Å². The summed E-state index contributed by atoms with van der Waals surface area (Å²) in [7, 11) is 0. The lowest BCUT2D eigenvalue weighted by Gasteiger charge is -2.38. The zero-order valence-corrected chi connectivity index (χ0v) is 11.0. The number of hydrogen-bond donors (Lipinski definition) is 2. The van der Waals surface area contributed by atoms with Crippen LogP contribution >= 0.6 is 0 Å². The molecule has 0 aromatic carbocycles. The van der Waals surface area contributed by atoms with Crippen molar-refractivity contribution >= 4 is 5.91 Å². The van der Waals surface area contributed by atoms with Crippen molar-refractivity contribution in [2.45, 2.75) is 64.0 Å². The number of carbonyl (C=O) groups excluding carboxylic acids is 1. The minimum Gasteiger partial charge on any atom is -0.368 e. The molecule has 0 bridgehead atoms. The molecule has 0 heterocycles. The Morgan fingerprint density at radius 2 is 2.00 bits per heavy atom. The van der Waals surface area contributed by atoms with E-state index in [4.69, 9.17) is 11.5 Å². The molecule has 1 unspecified atom stereocenters. The van der Waals surface area contributed by atoms with Gasteiger partial charge in [-0.05, 0) is 32.2 Å². The molecule has 0 radical (unpaired) electrons. The van der Waals surface area contributed by atoms with Gasteiger partial charge in [-0.25, -0.2) is 0 Å². The number of hydrogen-bond acceptors (Lipinski definition) is 3. The molecule has 1 saturated carbocycles. The van der Waals surface area contributed by atoms with Gasteiger partial charge in [0.2, 0.25) is 5.91 Å². The molecule has 4 heteroatoms. The van der Waals surface area contributed by atoms with Crippen molar-refractivity contribution in [2.75, 3.05) is 13.1 Å². The second-order valence-corrected chi connectivity index (χ2v) is 5.00. The maximum Gasteiger partial charge on any atom is 0.234 e. The molecule has 100 valence electrons. The molecular formula is C13H27N3O. The molecule has 1 aliphatic rings. The van der Waals surface area contributed by atoms with Gasteiger partial charge in [0, 0.05) is 12.6 Å². The van der Waals surface area contributed by atoms with Gasteiger partial charge in [-0.2, -0.15) is 0 Å².